The Labute approximate surface area is 201 Å². The van der Waals surface area contributed by atoms with Crippen LogP contribution >= 0.6 is 23.2 Å². The fraction of sp³-hybridized carbons (Fsp3) is 0.333. The number of aliphatic hydroxyl groups is 1. The number of carbonyl (C=O) groups excluding carboxylic acids is 2. The van der Waals surface area contributed by atoms with E-state index in [4.69, 9.17) is 37.4 Å². The molecule has 0 spiro atoms. The van der Waals surface area contributed by atoms with Crippen LogP contribution in [0.3, 0.4) is 0 Å². The summed E-state index contributed by atoms with van der Waals surface area (Å²) < 4.78 is 45.3. The van der Waals surface area contributed by atoms with Crippen LogP contribution in [0.15, 0.2) is 42.6 Å². The average molecular weight is 516 g/mol. The summed E-state index contributed by atoms with van der Waals surface area (Å²) >= 11 is 12.1. The van der Waals surface area contributed by atoms with Gasteiger partial charge in [-0.1, -0.05) is 41.4 Å². The first kappa shape index (κ1) is 24.3. The van der Waals surface area contributed by atoms with E-state index in [0.29, 0.717) is 5.39 Å². The summed E-state index contributed by atoms with van der Waals surface area (Å²) in [5.41, 5.74) is -2.84. The van der Waals surface area contributed by atoms with Crippen molar-refractivity contribution in [2.75, 3.05) is 6.61 Å². The largest absolute Gasteiger partial charge is 0.459 e. The smallest absolute Gasteiger partial charge is 0.338 e. The van der Waals surface area contributed by atoms with Gasteiger partial charge in [0.15, 0.2) is 23.6 Å². The van der Waals surface area contributed by atoms with E-state index in [9.17, 15) is 23.5 Å². The Bertz CT molecular complexity index is 1230. The fourth-order valence-electron chi connectivity index (χ4n) is 3.66. The van der Waals surface area contributed by atoms with Crippen molar-refractivity contribution in [3.05, 3.63) is 58.3 Å². The van der Waals surface area contributed by atoms with Crippen molar-refractivity contribution in [1.29, 1.82) is 0 Å². The topological polar surface area (TPSA) is 113 Å². The van der Waals surface area contributed by atoms with Crippen LogP contribution < -0.4 is 0 Å². The van der Waals surface area contributed by atoms with E-state index in [1.807, 2.05) is 0 Å². The van der Waals surface area contributed by atoms with Gasteiger partial charge in [0.1, 0.15) is 17.9 Å². The van der Waals surface area contributed by atoms with Crippen LogP contribution in [0.2, 0.25) is 10.2 Å². The molecule has 3 heterocycles. The molecule has 1 aliphatic heterocycles. The van der Waals surface area contributed by atoms with Crippen molar-refractivity contribution in [3.8, 4) is 0 Å². The minimum absolute atomic E-state index is 0.0151. The van der Waals surface area contributed by atoms with Gasteiger partial charge in [-0.15, -0.1) is 0 Å². The quantitative estimate of drug-likeness (QED) is 0.392. The predicted molar refractivity (Wildman–Crippen MR) is 115 cm³/mol. The van der Waals surface area contributed by atoms with Gasteiger partial charge in [-0.25, -0.2) is 23.2 Å². The predicted octanol–water partition coefficient (Wildman–Crippen LogP) is 3.42. The molecule has 34 heavy (non-hydrogen) atoms. The zero-order chi connectivity index (χ0) is 24.6. The molecule has 0 saturated carbocycles. The number of rotatable bonds is 6. The summed E-state index contributed by atoms with van der Waals surface area (Å²) in [6, 6.07) is 9.17. The number of hydrogen-bond acceptors (Lipinski definition) is 8. The monoisotopic (exact) mass is 515 g/mol. The molecule has 180 valence electrons. The van der Waals surface area contributed by atoms with Gasteiger partial charge in [0.2, 0.25) is 0 Å². The van der Waals surface area contributed by atoms with E-state index in [-0.39, 0.29) is 21.4 Å². The summed E-state index contributed by atoms with van der Waals surface area (Å²) in [6.07, 6.45) is -7.46. The number of pyridine rings is 1. The maximum Gasteiger partial charge on any atom is 0.338 e. The molecular formula is C21H17Cl2F2N3O6. The molecule has 0 unspecified atom stereocenters. The number of alkyl halides is 2. The summed E-state index contributed by atoms with van der Waals surface area (Å²) in [5.74, 6) is -1.78. The van der Waals surface area contributed by atoms with Gasteiger partial charge in [0.25, 0.3) is 6.43 Å². The second-order valence-corrected chi connectivity index (χ2v) is 8.25. The molecule has 0 amide bonds. The number of fused-ring (bicyclic) bond motifs is 1. The average Bonchev–Trinajstić information content (AvgIpc) is 3.32. The van der Waals surface area contributed by atoms with Crippen LogP contribution in [0, 0.1) is 0 Å². The van der Waals surface area contributed by atoms with E-state index in [1.165, 1.54) is 24.4 Å². The third-order valence-electron chi connectivity index (χ3n) is 5.28. The highest BCUT2D eigenvalue weighted by Crippen LogP contribution is 2.44. The number of ether oxygens (including phenoxy) is 3. The number of esters is 2. The van der Waals surface area contributed by atoms with Gasteiger partial charge < -0.3 is 19.3 Å². The number of hydrogen-bond donors (Lipinski definition) is 1. The van der Waals surface area contributed by atoms with E-state index in [0.717, 1.165) is 11.6 Å². The summed E-state index contributed by atoms with van der Waals surface area (Å²) in [4.78, 5) is 28.2. The number of nitrogens with zero attached hydrogens (tertiary/aromatic N) is 3. The molecular weight excluding hydrogens is 499 g/mol. The Kier molecular flexibility index (Phi) is 6.72. The molecule has 1 aromatic carbocycles. The molecule has 2 aromatic heterocycles. The lowest BCUT2D eigenvalue weighted by Gasteiger charge is -2.31. The Morgan fingerprint density at radius 2 is 2.00 bits per heavy atom. The lowest BCUT2D eigenvalue weighted by molar-refractivity contribution is -0.191. The SMILES string of the molecule is CC(=O)O[C@H]1[C@H](n2ncc3c(Cl)cc(Cl)nc32)O[C@H](COC(=O)c2ccccc2)[C@]1(O)C(F)F. The number of halogens is 4. The van der Waals surface area contributed by atoms with Gasteiger partial charge in [-0.3, -0.25) is 4.79 Å². The molecule has 3 aromatic rings. The standard InChI is InChI=1S/C21H17Cl2F2N3O6/c1-10(29)33-16-18(28-17-12(8-26-28)13(22)7-15(23)27-17)34-14(21(16,31)20(24)25)9-32-19(30)11-5-3-2-4-6-11/h2-8,14,16,18,20,31H,9H2,1H3/t14-,16+,18-,21-/m1/s1. The summed E-state index contributed by atoms with van der Waals surface area (Å²) in [5, 5.41) is 15.6. The van der Waals surface area contributed by atoms with Crippen LogP contribution in [0.25, 0.3) is 11.0 Å². The first-order valence-corrected chi connectivity index (χ1v) is 10.6. The third-order valence-corrected chi connectivity index (χ3v) is 5.78. The van der Waals surface area contributed by atoms with Gasteiger partial charge >= 0.3 is 11.9 Å². The molecule has 0 aliphatic carbocycles. The Morgan fingerprint density at radius 1 is 1.29 bits per heavy atom. The molecule has 1 aliphatic rings. The highest BCUT2D eigenvalue weighted by atomic mass is 35.5. The van der Waals surface area contributed by atoms with Crippen LogP contribution in [0.4, 0.5) is 8.78 Å². The Morgan fingerprint density at radius 3 is 2.65 bits per heavy atom. The van der Waals surface area contributed by atoms with E-state index < -0.39 is 49.0 Å². The second-order valence-electron chi connectivity index (χ2n) is 7.45. The van der Waals surface area contributed by atoms with Gasteiger partial charge in [0.05, 0.1) is 22.2 Å². The number of carbonyl (C=O) groups is 2. The second kappa shape index (κ2) is 9.41. The molecule has 4 atom stereocenters. The first-order chi connectivity index (χ1) is 16.1. The lowest BCUT2D eigenvalue weighted by atomic mass is 9.92. The highest BCUT2D eigenvalue weighted by molar-refractivity contribution is 6.37. The molecule has 1 fully saturated rings. The molecule has 4 rings (SSSR count). The Hall–Kier alpha value is -2.86. The minimum atomic E-state index is -3.45. The molecule has 9 nitrogen and oxygen atoms in total. The summed E-state index contributed by atoms with van der Waals surface area (Å²) in [7, 11) is 0. The van der Waals surface area contributed by atoms with Crippen molar-refractivity contribution < 1.29 is 37.7 Å². The zero-order valence-electron chi connectivity index (χ0n) is 17.4. The van der Waals surface area contributed by atoms with Crippen LogP contribution in [0.5, 0.6) is 0 Å². The van der Waals surface area contributed by atoms with Crippen molar-refractivity contribution >= 4 is 46.2 Å². The number of aromatic nitrogens is 3. The van der Waals surface area contributed by atoms with E-state index in [2.05, 4.69) is 10.1 Å². The van der Waals surface area contributed by atoms with Gasteiger partial charge in [-0.2, -0.15) is 5.10 Å². The first-order valence-electron chi connectivity index (χ1n) is 9.87. The van der Waals surface area contributed by atoms with Crippen LogP contribution in [-0.4, -0.2) is 62.7 Å². The normalized spacial score (nSPS) is 24.5. The maximum absolute atomic E-state index is 14.2. The third kappa shape index (κ3) is 4.31. The minimum Gasteiger partial charge on any atom is -0.459 e. The zero-order valence-corrected chi connectivity index (χ0v) is 18.9. The maximum atomic E-state index is 14.2. The molecule has 0 radical (unpaired) electrons. The molecule has 13 heteroatoms. The van der Waals surface area contributed by atoms with Crippen molar-refractivity contribution in [2.45, 2.75) is 37.4 Å². The van der Waals surface area contributed by atoms with E-state index in [1.54, 1.807) is 18.2 Å². The number of benzene rings is 1. The Balaban J connectivity index is 1.71. The molecule has 0 bridgehead atoms. The van der Waals surface area contributed by atoms with Gasteiger partial charge in [0, 0.05) is 6.92 Å². The van der Waals surface area contributed by atoms with Crippen molar-refractivity contribution in [2.24, 2.45) is 0 Å². The van der Waals surface area contributed by atoms with Crippen molar-refractivity contribution in [3.63, 3.8) is 0 Å². The molecule has 1 saturated heterocycles. The van der Waals surface area contributed by atoms with E-state index >= 15 is 0 Å². The van der Waals surface area contributed by atoms with Crippen molar-refractivity contribution in [1.82, 2.24) is 14.8 Å². The van der Waals surface area contributed by atoms with Gasteiger partial charge in [-0.05, 0) is 18.2 Å². The van der Waals surface area contributed by atoms with Crippen LogP contribution in [0.1, 0.15) is 23.5 Å². The summed E-state index contributed by atoms with van der Waals surface area (Å²) in [6.45, 7) is 0.218. The van der Waals surface area contributed by atoms with Crippen LogP contribution in [-0.2, 0) is 19.0 Å². The molecule has 1 N–H and O–H groups in total. The highest BCUT2D eigenvalue weighted by Gasteiger charge is 2.65. The lowest BCUT2D eigenvalue weighted by Crippen LogP contribution is -2.56. The fourth-order valence-corrected chi connectivity index (χ4v) is 4.14.